The van der Waals surface area contributed by atoms with Gasteiger partial charge in [-0.15, -0.1) is 5.10 Å². The molecule has 0 aliphatic rings. The molecule has 1 unspecified atom stereocenters. The molecule has 0 fully saturated rings. The van der Waals surface area contributed by atoms with Gasteiger partial charge in [-0.1, -0.05) is 24.3 Å². The van der Waals surface area contributed by atoms with Crippen LogP contribution in [0.4, 0.5) is 4.39 Å². The third-order valence-electron chi connectivity index (χ3n) is 3.55. The highest BCUT2D eigenvalue weighted by atomic mass is 19.1. The van der Waals surface area contributed by atoms with Gasteiger partial charge >= 0.3 is 0 Å². The predicted molar refractivity (Wildman–Crippen MR) is 80.9 cm³/mol. The van der Waals surface area contributed by atoms with Crippen LogP contribution in [0.5, 0.6) is 0 Å². The summed E-state index contributed by atoms with van der Waals surface area (Å²) in [5.74, 6) is -0.247. The molecule has 21 heavy (non-hydrogen) atoms. The van der Waals surface area contributed by atoms with Crippen molar-refractivity contribution in [1.82, 2.24) is 20.3 Å². The van der Waals surface area contributed by atoms with Gasteiger partial charge in [-0.2, -0.15) is 0 Å². The molecule has 108 valence electrons. The second kappa shape index (κ2) is 5.61. The average Bonchev–Trinajstić information content (AvgIpc) is 2.91. The molecule has 2 aromatic carbocycles. The van der Waals surface area contributed by atoms with Gasteiger partial charge in [0.05, 0.1) is 11.2 Å². The van der Waals surface area contributed by atoms with Gasteiger partial charge in [0.1, 0.15) is 11.3 Å². The fraction of sp³-hybridized carbons (Fsp3) is 0.250. The van der Waals surface area contributed by atoms with E-state index in [-0.39, 0.29) is 11.9 Å². The highest BCUT2D eigenvalue weighted by Crippen LogP contribution is 2.25. The van der Waals surface area contributed by atoms with Crippen molar-refractivity contribution < 1.29 is 4.39 Å². The van der Waals surface area contributed by atoms with Gasteiger partial charge in [0.2, 0.25) is 0 Å². The first-order valence-electron chi connectivity index (χ1n) is 7.04. The van der Waals surface area contributed by atoms with Crippen LogP contribution in [0.15, 0.2) is 42.5 Å². The zero-order valence-corrected chi connectivity index (χ0v) is 12.0. The number of nitrogens with one attached hydrogen (secondary N) is 1. The lowest BCUT2D eigenvalue weighted by molar-refractivity contribution is 0.578. The van der Waals surface area contributed by atoms with Gasteiger partial charge in [-0.05, 0) is 49.4 Å². The Morgan fingerprint density at radius 2 is 2.05 bits per heavy atom. The van der Waals surface area contributed by atoms with Crippen molar-refractivity contribution in [3.8, 4) is 5.69 Å². The number of fused-ring (bicyclic) bond motifs is 1. The maximum Gasteiger partial charge on any atom is 0.123 e. The molecule has 5 heteroatoms. The normalized spacial score (nSPS) is 12.7. The minimum absolute atomic E-state index is 0.0312. The van der Waals surface area contributed by atoms with Crippen molar-refractivity contribution >= 4 is 11.0 Å². The Morgan fingerprint density at radius 1 is 1.24 bits per heavy atom. The summed E-state index contributed by atoms with van der Waals surface area (Å²) in [6.07, 6.45) is 0. The Kier molecular flexibility index (Phi) is 3.66. The highest BCUT2D eigenvalue weighted by molar-refractivity contribution is 5.76. The summed E-state index contributed by atoms with van der Waals surface area (Å²) in [5, 5.41) is 11.7. The maximum atomic E-state index is 13.6. The van der Waals surface area contributed by atoms with Crippen LogP contribution in [0.25, 0.3) is 16.7 Å². The molecule has 3 rings (SSSR count). The number of aromatic nitrogens is 3. The molecule has 0 amide bonds. The van der Waals surface area contributed by atoms with Crippen LogP contribution < -0.4 is 5.32 Å². The largest absolute Gasteiger partial charge is 0.310 e. The lowest BCUT2D eigenvalue weighted by Crippen LogP contribution is -2.20. The standard InChI is InChI=1S/C16H17FN4/c1-3-18-11(2)13-10-12(17)8-9-15(13)21-16-7-5-4-6-14(16)19-20-21/h4-11,18H,3H2,1-2H3. The lowest BCUT2D eigenvalue weighted by Gasteiger charge is -2.17. The van der Waals surface area contributed by atoms with Crippen LogP contribution in [-0.4, -0.2) is 21.5 Å². The van der Waals surface area contributed by atoms with E-state index < -0.39 is 0 Å². The molecule has 4 nitrogen and oxygen atoms in total. The minimum atomic E-state index is -0.247. The molecule has 1 N–H and O–H groups in total. The second-order valence-electron chi connectivity index (χ2n) is 4.97. The van der Waals surface area contributed by atoms with Crippen LogP contribution in [0.3, 0.4) is 0 Å². The first-order chi connectivity index (χ1) is 10.2. The van der Waals surface area contributed by atoms with E-state index in [0.717, 1.165) is 28.8 Å². The molecule has 0 spiro atoms. The van der Waals surface area contributed by atoms with E-state index in [1.165, 1.54) is 6.07 Å². The molecule has 0 radical (unpaired) electrons. The van der Waals surface area contributed by atoms with Crippen molar-refractivity contribution in [3.63, 3.8) is 0 Å². The van der Waals surface area contributed by atoms with Gasteiger partial charge < -0.3 is 5.32 Å². The third kappa shape index (κ3) is 2.52. The van der Waals surface area contributed by atoms with Crippen molar-refractivity contribution in [1.29, 1.82) is 0 Å². The fourth-order valence-corrected chi connectivity index (χ4v) is 2.53. The van der Waals surface area contributed by atoms with E-state index in [9.17, 15) is 4.39 Å². The molecular weight excluding hydrogens is 267 g/mol. The summed E-state index contributed by atoms with van der Waals surface area (Å²) in [4.78, 5) is 0. The Bertz CT molecular complexity index is 766. The number of benzene rings is 2. The Labute approximate surface area is 122 Å². The third-order valence-corrected chi connectivity index (χ3v) is 3.55. The van der Waals surface area contributed by atoms with E-state index in [2.05, 4.69) is 15.6 Å². The molecule has 1 atom stereocenters. The number of rotatable bonds is 4. The summed E-state index contributed by atoms with van der Waals surface area (Å²) in [6.45, 7) is 4.86. The van der Waals surface area contributed by atoms with E-state index in [1.807, 2.05) is 38.1 Å². The zero-order valence-electron chi connectivity index (χ0n) is 12.0. The van der Waals surface area contributed by atoms with Gasteiger partial charge in [0.25, 0.3) is 0 Å². The average molecular weight is 284 g/mol. The van der Waals surface area contributed by atoms with E-state index in [4.69, 9.17) is 0 Å². The molecule has 0 bridgehead atoms. The number of hydrogen-bond donors (Lipinski definition) is 1. The molecule has 0 saturated heterocycles. The number of nitrogens with zero attached hydrogens (tertiary/aromatic N) is 3. The quantitative estimate of drug-likeness (QED) is 0.800. The van der Waals surface area contributed by atoms with Crippen molar-refractivity contribution in [2.75, 3.05) is 6.54 Å². The van der Waals surface area contributed by atoms with Crippen LogP contribution in [0.1, 0.15) is 25.5 Å². The van der Waals surface area contributed by atoms with Gasteiger partial charge in [0.15, 0.2) is 0 Å². The number of halogens is 1. The van der Waals surface area contributed by atoms with Crippen molar-refractivity contribution in [3.05, 3.63) is 53.8 Å². The summed E-state index contributed by atoms with van der Waals surface area (Å²) in [6, 6.07) is 12.5. The Morgan fingerprint density at radius 3 is 2.86 bits per heavy atom. The van der Waals surface area contributed by atoms with E-state index in [0.29, 0.717) is 0 Å². The van der Waals surface area contributed by atoms with Gasteiger partial charge in [0, 0.05) is 6.04 Å². The maximum absolute atomic E-state index is 13.6. The summed E-state index contributed by atoms with van der Waals surface area (Å²) < 4.78 is 15.4. The van der Waals surface area contributed by atoms with Crippen molar-refractivity contribution in [2.45, 2.75) is 19.9 Å². The molecule has 0 aliphatic carbocycles. The number of hydrogen-bond acceptors (Lipinski definition) is 3. The topological polar surface area (TPSA) is 42.7 Å². The molecule has 1 heterocycles. The molecule has 1 aromatic heterocycles. The Hall–Kier alpha value is -2.27. The van der Waals surface area contributed by atoms with Crippen LogP contribution in [0, 0.1) is 5.82 Å². The fourth-order valence-electron chi connectivity index (χ4n) is 2.53. The first kappa shape index (κ1) is 13.7. The van der Waals surface area contributed by atoms with Gasteiger partial charge in [-0.25, -0.2) is 9.07 Å². The second-order valence-corrected chi connectivity index (χ2v) is 4.97. The van der Waals surface area contributed by atoms with Crippen LogP contribution in [-0.2, 0) is 0 Å². The number of para-hydroxylation sites is 1. The molecular formula is C16H17FN4. The smallest absolute Gasteiger partial charge is 0.123 e. The zero-order chi connectivity index (χ0) is 14.8. The molecule has 0 aliphatic heterocycles. The molecule has 0 saturated carbocycles. The monoisotopic (exact) mass is 284 g/mol. The lowest BCUT2D eigenvalue weighted by atomic mass is 10.1. The van der Waals surface area contributed by atoms with Crippen LogP contribution in [0.2, 0.25) is 0 Å². The van der Waals surface area contributed by atoms with Gasteiger partial charge in [-0.3, -0.25) is 0 Å². The minimum Gasteiger partial charge on any atom is -0.310 e. The molecule has 3 aromatic rings. The summed E-state index contributed by atoms with van der Waals surface area (Å²) >= 11 is 0. The highest BCUT2D eigenvalue weighted by Gasteiger charge is 2.15. The van der Waals surface area contributed by atoms with Crippen molar-refractivity contribution in [2.24, 2.45) is 0 Å². The van der Waals surface area contributed by atoms with Crippen LogP contribution >= 0.6 is 0 Å². The summed E-state index contributed by atoms with van der Waals surface area (Å²) in [7, 11) is 0. The van der Waals surface area contributed by atoms with E-state index >= 15 is 0 Å². The Balaban J connectivity index is 2.17. The summed E-state index contributed by atoms with van der Waals surface area (Å²) in [5.41, 5.74) is 3.45. The SMILES string of the molecule is CCNC(C)c1cc(F)ccc1-n1nnc2ccccc21. The first-order valence-corrected chi connectivity index (χ1v) is 7.04. The van der Waals surface area contributed by atoms with E-state index in [1.54, 1.807) is 16.8 Å². The predicted octanol–water partition coefficient (Wildman–Crippen LogP) is 3.23.